The average molecular weight is 235 g/mol. The predicted octanol–water partition coefficient (Wildman–Crippen LogP) is -1.42. The summed E-state index contributed by atoms with van der Waals surface area (Å²) >= 11 is 0. The number of carboxylic acid groups (broad SMARTS) is 2. The highest BCUT2D eigenvalue weighted by Crippen LogP contribution is 1.98. The van der Waals surface area contributed by atoms with Gasteiger partial charge in [0.1, 0.15) is 6.10 Å². The minimum Gasteiger partial charge on any atom is -0.481 e. The molecule has 1 rings (SSSR count). The van der Waals surface area contributed by atoms with Crippen molar-refractivity contribution in [3.63, 3.8) is 0 Å². The van der Waals surface area contributed by atoms with Crippen molar-refractivity contribution in [2.24, 2.45) is 0 Å². The third-order valence-electron chi connectivity index (χ3n) is 0.944. The Bertz CT molecular complexity index is 266. The molecule has 0 radical (unpaired) electrons. The lowest BCUT2D eigenvalue weighted by Crippen LogP contribution is -2.24. The Morgan fingerprint density at radius 2 is 1.50 bits per heavy atom. The minimum absolute atomic E-state index is 0.0845. The second-order valence-corrected chi connectivity index (χ2v) is 2.67. The Balaban J connectivity index is 0. The summed E-state index contributed by atoms with van der Waals surface area (Å²) in [6.45, 7) is 2.17. The molecule has 0 aromatic rings. The molecule has 1 heterocycles. The molecule has 8 nitrogen and oxygen atoms in total. The number of carbonyl (C=O) groups is 4. The third kappa shape index (κ3) is 14.6. The van der Waals surface area contributed by atoms with Crippen molar-refractivity contribution < 1.29 is 34.5 Å². The first-order valence-corrected chi connectivity index (χ1v) is 4.07. The monoisotopic (exact) mass is 235 g/mol. The lowest BCUT2D eigenvalue weighted by Gasteiger charge is -1.88. The van der Waals surface area contributed by atoms with Crippen molar-refractivity contribution >= 4 is 23.8 Å². The molecule has 8 heteroatoms. The van der Waals surface area contributed by atoms with E-state index in [1.54, 1.807) is 0 Å². The van der Waals surface area contributed by atoms with Gasteiger partial charge in [0.15, 0.2) is 0 Å². The maximum absolute atomic E-state index is 10.2. The summed E-state index contributed by atoms with van der Waals surface area (Å²) in [5, 5.41) is 25.3. The van der Waals surface area contributed by atoms with Crippen molar-refractivity contribution in [3.05, 3.63) is 0 Å². The molecule has 1 atom stereocenters. The molecule has 1 unspecified atom stereocenters. The third-order valence-corrected chi connectivity index (χ3v) is 0.944. The van der Waals surface area contributed by atoms with E-state index in [0.29, 0.717) is 0 Å². The standard InChI is InChI=1S/C4H5NO3.2C2H4O2/c6-2-1-3(7)5-4(2)8;2*1-2(3)4/h2,6H,1H2,(H,5,7,8);2*1H3,(H,3,4). The maximum atomic E-state index is 10.2. The van der Waals surface area contributed by atoms with Gasteiger partial charge in [-0.1, -0.05) is 0 Å². The van der Waals surface area contributed by atoms with E-state index in [2.05, 4.69) is 0 Å². The molecule has 1 saturated heterocycles. The van der Waals surface area contributed by atoms with Gasteiger partial charge in [-0.3, -0.25) is 24.5 Å². The number of carboxylic acids is 2. The Morgan fingerprint density at radius 3 is 1.56 bits per heavy atom. The van der Waals surface area contributed by atoms with Gasteiger partial charge in [0.05, 0.1) is 6.42 Å². The zero-order valence-corrected chi connectivity index (χ0v) is 8.76. The van der Waals surface area contributed by atoms with Gasteiger partial charge in [0.2, 0.25) is 5.91 Å². The fourth-order valence-corrected chi connectivity index (χ4v) is 0.540. The molecule has 0 aliphatic carbocycles. The highest BCUT2D eigenvalue weighted by Gasteiger charge is 2.27. The van der Waals surface area contributed by atoms with Gasteiger partial charge >= 0.3 is 0 Å². The summed E-state index contributed by atoms with van der Waals surface area (Å²) in [4.78, 5) is 38.4. The minimum atomic E-state index is -1.11. The SMILES string of the molecule is CC(=O)O.CC(=O)O.O=C1CC(O)C(=O)N1. The van der Waals surface area contributed by atoms with Crippen molar-refractivity contribution in [3.8, 4) is 0 Å². The molecule has 0 saturated carbocycles. The van der Waals surface area contributed by atoms with Crippen LogP contribution in [-0.4, -0.2) is 45.2 Å². The largest absolute Gasteiger partial charge is 0.481 e. The number of rotatable bonds is 0. The maximum Gasteiger partial charge on any atom is 0.300 e. The molecule has 16 heavy (non-hydrogen) atoms. The summed E-state index contributed by atoms with van der Waals surface area (Å²) in [6, 6.07) is 0. The van der Waals surface area contributed by atoms with Crippen LogP contribution in [0.25, 0.3) is 0 Å². The molecule has 0 aromatic carbocycles. The number of aliphatic hydroxyl groups is 1. The Kier molecular flexibility index (Phi) is 8.60. The smallest absolute Gasteiger partial charge is 0.300 e. The van der Waals surface area contributed by atoms with E-state index in [1.807, 2.05) is 5.32 Å². The fourth-order valence-electron chi connectivity index (χ4n) is 0.540. The molecule has 2 amide bonds. The number of aliphatic carboxylic acids is 2. The highest BCUT2D eigenvalue weighted by molar-refractivity contribution is 6.04. The van der Waals surface area contributed by atoms with Crippen LogP contribution in [0.3, 0.4) is 0 Å². The number of imide groups is 1. The molecule has 0 spiro atoms. The molecular weight excluding hydrogens is 222 g/mol. The zero-order valence-electron chi connectivity index (χ0n) is 8.76. The van der Waals surface area contributed by atoms with E-state index in [9.17, 15) is 9.59 Å². The van der Waals surface area contributed by atoms with E-state index in [0.717, 1.165) is 13.8 Å². The molecule has 1 aliphatic rings. The summed E-state index contributed by atoms with van der Waals surface area (Å²) in [5.74, 6) is -2.66. The Labute approximate surface area is 90.9 Å². The Morgan fingerprint density at radius 1 is 1.19 bits per heavy atom. The number of amides is 2. The fraction of sp³-hybridized carbons (Fsp3) is 0.500. The van der Waals surface area contributed by atoms with Gasteiger partial charge in [-0.25, -0.2) is 0 Å². The molecule has 1 fully saturated rings. The zero-order chi connectivity index (χ0) is 13.3. The first kappa shape index (κ1) is 16.5. The van der Waals surface area contributed by atoms with Crippen molar-refractivity contribution in [2.75, 3.05) is 0 Å². The number of hydrogen-bond acceptors (Lipinski definition) is 5. The number of aliphatic hydroxyl groups excluding tert-OH is 1. The second-order valence-electron chi connectivity index (χ2n) is 2.67. The summed E-state index contributed by atoms with van der Waals surface area (Å²) < 4.78 is 0. The van der Waals surface area contributed by atoms with Gasteiger partial charge in [-0.2, -0.15) is 0 Å². The molecule has 4 N–H and O–H groups in total. The molecule has 0 bridgehead atoms. The normalized spacial score (nSPS) is 17.3. The van der Waals surface area contributed by atoms with E-state index in [-0.39, 0.29) is 6.42 Å². The number of hydrogen-bond donors (Lipinski definition) is 4. The number of nitrogens with one attached hydrogen (secondary N) is 1. The van der Waals surface area contributed by atoms with Gasteiger partial charge < -0.3 is 15.3 Å². The quantitative estimate of drug-likeness (QED) is 0.377. The molecular formula is C8H13NO7. The van der Waals surface area contributed by atoms with Crippen LogP contribution in [0.1, 0.15) is 20.3 Å². The first-order chi connectivity index (χ1) is 7.16. The van der Waals surface area contributed by atoms with Crippen LogP contribution in [0.4, 0.5) is 0 Å². The van der Waals surface area contributed by atoms with Crippen LogP contribution in [0.15, 0.2) is 0 Å². The van der Waals surface area contributed by atoms with Crippen LogP contribution in [0.5, 0.6) is 0 Å². The van der Waals surface area contributed by atoms with Gasteiger partial charge in [-0.15, -0.1) is 0 Å². The second kappa shape index (κ2) is 8.36. The van der Waals surface area contributed by atoms with Gasteiger partial charge in [-0.05, 0) is 0 Å². The summed E-state index contributed by atoms with van der Waals surface area (Å²) in [7, 11) is 0. The Hall–Kier alpha value is -1.96. The molecule has 92 valence electrons. The summed E-state index contributed by atoms with van der Waals surface area (Å²) in [6.07, 6.45) is -1.19. The van der Waals surface area contributed by atoms with Crippen LogP contribution in [0.2, 0.25) is 0 Å². The molecule has 1 aliphatic heterocycles. The average Bonchev–Trinajstić information content (AvgIpc) is 2.26. The van der Waals surface area contributed by atoms with E-state index in [4.69, 9.17) is 24.9 Å². The topological polar surface area (TPSA) is 141 Å². The van der Waals surface area contributed by atoms with Crippen molar-refractivity contribution in [2.45, 2.75) is 26.4 Å². The predicted molar refractivity (Wildman–Crippen MR) is 50.4 cm³/mol. The van der Waals surface area contributed by atoms with Crippen LogP contribution in [-0.2, 0) is 19.2 Å². The van der Waals surface area contributed by atoms with Gasteiger partial charge in [0.25, 0.3) is 17.8 Å². The first-order valence-electron chi connectivity index (χ1n) is 4.07. The van der Waals surface area contributed by atoms with Crippen LogP contribution < -0.4 is 5.32 Å². The number of carbonyl (C=O) groups excluding carboxylic acids is 2. The molecule has 0 aromatic heterocycles. The van der Waals surface area contributed by atoms with Crippen molar-refractivity contribution in [1.29, 1.82) is 0 Å². The highest BCUT2D eigenvalue weighted by atomic mass is 16.4. The van der Waals surface area contributed by atoms with Gasteiger partial charge in [0, 0.05) is 13.8 Å². The lowest BCUT2D eigenvalue weighted by molar-refractivity contribution is -0.135. The van der Waals surface area contributed by atoms with Crippen LogP contribution in [0, 0.1) is 0 Å². The lowest BCUT2D eigenvalue weighted by atomic mass is 10.3. The van der Waals surface area contributed by atoms with Crippen LogP contribution >= 0.6 is 0 Å². The van der Waals surface area contributed by atoms with E-state index >= 15 is 0 Å². The van der Waals surface area contributed by atoms with E-state index < -0.39 is 29.9 Å². The summed E-state index contributed by atoms with van der Waals surface area (Å²) in [5.41, 5.74) is 0. The van der Waals surface area contributed by atoms with E-state index in [1.165, 1.54) is 0 Å². The van der Waals surface area contributed by atoms with Crippen molar-refractivity contribution in [1.82, 2.24) is 5.32 Å².